The van der Waals surface area contributed by atoms with Crippen LogP contribution >= 0.6 is 39.1 Å². The summed E-state index contributed by atoms with van der Waals surface area (Å²) in [6.45, 7) is 1.48. The molecular formula is C12H12BrCl2NO. The Morgan fingerprint density at radius 3 is 2.59 bits per heavy atom. The van der Waals surface area contributed by atoms with Crippen molar-refractivity contribution in [1.29, 1.82) is 0 Å². The van der Waals surface area contributed by atoms with E-state index in [1.54, 1.807) is 23.1 Å². The van der Waals surface area contributed by atoms with Gasteiger partial charge in [-0.3, -0.25) is 4.79 Å². The number of alkyl halides is 1. The molecule has 0 bridgehead atoms. The van der Waals surface area contributed by atoms with Crippen LogP contribution in [-0.4, -0.2) is 28.7 Å². The van der Waals surface area contributed by atoms with Crippen molar-refractivity contribution in [2.24, 2.45) is 0 Å². The summed E-state index contributed by atoms with van der Waals surface area (Å²) in [4.78, 5) is 14.5. The van der Waals surface area contributed by atoms with Crippen molar-refractivity contribution in [2.45, 2.75) is 17.7 Å². The first-order valence-corrected chi connectivity index (χ1v) is 7.14. The van der Waals surface area contributed by atoms with Gasteiger partial charge in [-0.15, -0.1) is 0 Å². The fourth-order valence-electron chi connectivity index (χ4n) is 1.97. The molecule has 1 fully saturated rings. The molecule has 2 nitrogen and oxygen atoms in total. The van der Waals surface area contributed by atoms with Crippen LogP contribution in [0.5, 0.6) is 0 Å². The first-order valence-electron chi connectivity index (χ1n) is 5.47. The van der Waals surface area contributed by atoms with Gasteiger partial charge in [0.15, 0.2) is 0 Å². The summed E-state index contributed by atoms with van der Waals surface area (Å²) in [5.74, 6) is -0.0789. The molecule has 1 saturated heterocycles. The molecule has 0 saturated carbocycles. The Bertz CT molecular complexity index is 418. The van der Waals surface area contributed by atoms with E-state index in [4.69, 9.17) is 23.2 Å². The van der Waals surface area contributed by atoms with E-state index in [0.29, 0.717) is 27.0 Å². The molecule has 2 rings (SSSR count). The molecule has 0 N–H and O–H groups in total. The number of rotatable bonds is 1. The van der Waals surface area contributed by atoms with Crippen LogP contribution in [0.3, 0.4) is 0 Å². The van der Waals surface area contributed by atoms with E-state index >= 15 is 0 Å². The summed E-state index contributed by atoms with van der Waals surface area (Å²) < 4.78 is 0. The number of halogens is 3. The van der Waals surface area contributed by atoms with Crippen LogP contribution in [0.2, 0.25) is 10.0 Å². The molecule has 1 aliphatic rings. The van der Waals surface area contributed by atoms with Gasteiger partial charge < -0.3 is 4.90 Å². The lowest BCUT2D eigenvalue weighted by Gasteiger charge is -2.30. The largest absolute Gasteiger partial charge is 0.337 e. The van der Waals surface area contributed by atoms with Gasteiger partial charge in [0, 0.05) is 17.9 Å². The van der Waals surface area contributed by atoms with Crippen LogP contribution in [-0.2, 0) is 0 Å². The van der Waals surface area contributed by atoms with Crippen LogP contribution in [0.15, 0.2) is 18.2 Å². The summed E-state index contributed by atoms with van der Waals surface area (Å²) in [6, 6.07) is 5.12. The number of amides is 1. The minimum atomic E-state index is -0.0789. The maximum Gasteiger partial charge on any atom is 0.256 e. The molecule has 92 valence electrons. The van der Waals surface area contributed by atoms with Crippen molar-refractivity contribution in [2.75, 3.05) is 13.1 Å². The Hall–Kier alpha value is -0.250. The molecule has 1 aromatic rings. The van der Waals surface area contributed by atoms with Crippen LogP contribution in [0.4, 0.5) is 0 Å². The number of likely N-dealkylation sites (tertiary alicyclic amines) is 1. The number of carbonyl (C=O) groups excluding carboxylic acids is 1. The summed E-state index contributed by atoms with van der Waals surface area (Å²) >= 11 is 15.6. The van der Waals surface area contributed by atoms with E-state index in [1.807, 2.05) is 0 Å². The highest BCUT2D eigenvalue weighted by atomic mass is 79.9. The molecule has 0 spiro atoms. The van der Waals surface area contributed by atoms with Gasteiger partial charge in [-0.05, 0) is 25.0 Å². The van der Waals surface area contributed by atoms with E-state index in [1.165, 1.54) is 0 Å². The molecule has 5 heteroatoms. The first kappa shape index (κ1) is 13.2. The number of hydrogen-bond acceptors (Lipinski definition) is 1. The lowest BCUT2D eigenvalue weighted by molar-refractivity contribution is 0.0730. The van der Waals surface area contributed by atoms with Crippen LogP contribution in [0.25, 0.3) is 0 Å². The fraction of sp³-hybridized carbons (Fsp3) is 0.417. The van der Waals surface area contributed by atoms with E-state index < -0.39 is 0 Å². The molecule has 1 unspecified atom stereocenters. The van der Waals surface area contributed by atoms with Crippen molar-refractivity contribution in [3.05, 3.63) is 33.8 Å². The highest BCUT2D eigenvalue weighted by Gasteiger charge is 2.25. The van der Waals surface area contributed by atoms with E-state index in [9.17, 15) is 4.79 Å². The Kier molecular flexibility index (Phi) is 4.34. The standard InChI is InChI=1S/C12H12BrCl2NO/c13-8-3-2-6-16(7-8)12(17)11-9(14)4-1-5-10(11)15/h1,4-5,8H,2-3,6-7H2. The predicted molar refractivity (Wildman–Crippen MR) is 74.3 cm³/mol. The lowest BCUT2D eigenvalue weighted by Crippen LogP contribution is -2.40. The first-order chi connectivity index (χ1) is 8.09. The molecule has 1 heterocycles. The highest BCUT2D eigenvalue weighted by molar-refractivity contribution is 9.09. The molecular weight excluding hydrogens is 325 g/mol. The SMILES string of the molecule is O=C(c1c(Cl)cccc1Cl)N1CCCC(Br)C1. The van der Waals surface area contributed by atoms with Crippen molar-refractivity contribution in [1.82, 2.24) is 4.90 Å². The van der Waals surface area contributed by atoms with Gasteiger partial charge in [0.2, 0.25) is 0 Å². The zero-order chi connectivity index (χ0) is 12.4. The molecule has 17 heavy (non-hydrogen) atoms. The Morgan fingerprint density at radius 1 is 1.35 bits per heavy atom. The summed E-state index contributed by atoms with van der Waals surface area (Å²) in [5, 5.41) is 0.832. The smallest absolute Gasteiger partial charge is 0.256 e. The zero-order valence-electron chi connectivity index (χ0n) is 9.13. The predicted octanol–water partition coefficient (Wildman–Crippen LogP) is 3.99. The van der Waals surface area contributed by atoms with Crippen LogP contribution < -0.4 is 0 Å². The van der Waals surface area contributed by atoms with Crippen molar-refractivity contribution in [3.63, 3.8) is 0 Å². The number of piperidine rings is 1. The highest BCUT2D eigenvalue weighted by Crippen LogP contribution is 2.27. The second kappa shape index (κ2) is 5.59. The lowest BCUT2D eigenvalue weighted by atomic mass is 10.1. The second-order valence-electron chi connectivity index (χ2n) is 4.09. The Labute approximate surface area is 119 Å². The maximum absolute atomic E-state index is 12.3. The topological polar surface area (TPSA) is 20.3 Å². The third kappa shape index (κ3) is 2.95. The summed E-state index contributed by atoms with van der Waals surface area (Å²) in [6.07, 6.45) is 2.10. The van der Waals surface area contributed by atoms with Gasteiger partial charge in [0.05, 0.1) is 15.6 Å². The van der Waals surface area contributed by atoms with E-state index in [-0.39, 0.29) is 5.91 Å². The van der Waals surface area contributed by atoms with Gasteiger partial charge in [0.25, 0.3) is 5.91 Å². The Balaban J connectivity index is 2.24. The molecule has 1 aliphatic heterocycles. The average Bonchev–Trinajstić information content (AvgIpc) is 2.28. The molecule has 1 atom stereocenters. The van der Waals surface area contributed by atoms with Gasteiger partial charge >= 0.3 is 0 Å². The van der Waals surface area contributed by atoms with Crippen molar-refractivity contribution >= 4 is 45.0 Å². The van der Waals surface area contributed by atoms with Crippen LogP contribution in [0, 0.1) is 0 Å². The molecule has 0 radical (unpaired) electrons. The minimum Gasteiger partial charge on any atom is -0.337 e. The van der Waals surface area contributed by atoms with Gasteiger partial charge in [-0.25, -0.2) is 0 Å². The number of benzene rings is 1. The molecule has 0 aromatic heterocycles. The van der Waals surface area contributed by atoms with Gasteiger partial charge in [0.1, 0.15) is 0 Å². The number of hydrogen-bond donors (Lipinski definition) is 0. The Morgan fingerprint density at radius 2 is 2.00 bits per heavy atom. The quantitative estimate of drug-likeness (QED) is 0.710. The van der Waals surface area contributed by atoms with E-state index in [2.05, 4.69) is 15.9 Å². The summed E-state index contributed by atoms with van der Waals surface area (Å²) in [5.41, 5.74) is 0.414. The maximum atomic E-state index is 12.3. The number of nitrogens with zero attached hydrogens (tertiary/aromatic N) is 1. The summed E-state index contributed by atoms with van der Waals surface area (Å²) in [7, 11) is 0. The van der Waals surface area contributed by atoms with Gasteiger partial charge in [-0.1, -0.05) is 45.2 Å². The fourth-order valence-corrected chi connectivity index (χ4v) is 3.20. The normalized spacial score (nSPS) is 20.4. The minimum absolute atomic E-state index is 0.0789. The molecule has 1 amide bonds. The second-order valence-corrected chi connectivity index (χ2v) is 6.20. The number of carbonyl (C=O) groups is 1. The van der Waals surface area contributed by atoms with Crippen molar-refractivity contribution < 1.29 is 4.79 Å². The molecule has 1 aromatic carbocycles. The third-order valence-corrected chi connectivity index (χ3v) is 4.21. The monoisotopic (exact) mass is 335 g/mol. The van der Waals surface area contributed by atoms with E-state index in [0.717, 1.165) is 19.4 Å². The average molecular weight is 337 g/mol. The van der Waals surface area contributed by atoms with Gasteiger partial charge in [-0.2, -0.15) is 0 Å². The third-order valence-electron chi connectivity index (χ3n) is 2.83. The molecule has 0 aliphatic carbocycles. The van der Waals surface area contributed by atoms with Crippen LogP contribution in [0.1, 0.15) is 23.2 Å². The van der Waals surface area contributed by atoms with Crippen molar-refractivity contribution in [3.8, 4) is 0 Å². The zero-order valence-corrected chi connectivity index (χ0v) is 12.2.